The second kappa shape index (κ2) is 8.27. The van der Waals surface area contributed by atoms with E-state index in [9.17, 15) is 13.2 Å². The van der Waals surface area contributed by atoms with Crippen molar-refractivity contribution in [1.82, 2.24) is 9.71 Å². The van der Waals surface area contributed by atoms with Gasteiger partial charge < -0.3 is 9.47 Å². The second-order valence-electron chi connectivity index (χ2n) is 9.22. The third-order valence-corrected chi connectivity index (χ3v) is 8.50. The van der Waals surface area contributed by atoms with Crippen molar-refractivity contribution >= 4 is 26.8 Å². The van der Waals surface area contributed by atoms with Gasteiger partial charge in [-0.1, -0.05) is 12.5 Å². The molecule has 0 spiro atoms. The van der Waals surface area contributed by atoms with E-state index < -0.39 is 21.3 Å². The van der Waals surface area contributed by atoms with Crippen molar-refractivity contribution in [2.75, 3.05) is 14.2 Å². The first kappa shape index (κ1) is 22.7. The van der Waals surface area contributed by atoms with Gasteiger partial charge in [0.1, 0.15) is 11.5 Å². The van der Waals surface area contributed by atoms with Gasteiger partial charge in [-0.15, -0.1) is 0 Å². The van der Waals surface area contributed by atoms with Gasteiger partial charge in [-0.2, -0.15) is 0 Å². The Hall–Kier alpha value is -3.13. The number of ether oxygens (including phenoxy) is 2. The minimum atomic E-state index is -4.13. The second-order valence-corrected chi connectivity index (χ2v) is 10.9. The summed E-state index contributed by atoms with van der Waals surface area (Å²) < 4.78 is 40.4. The Balaban J connectivity index is 1.51. The number of fused-ring (bicyclic) bond motifs is 1. The van der Waals surface area contributed by atoms with Crippen LogP contribution in [0.1, 0.15) is 54.8 Å². The molecule has 1 N–H and O–H groups in total. The Morgan fingerprint density at radius 2 is 1.74 bits per heavy atom. The van der Waals surface area contributed by atoms with Crippen LogP contribution >= 0.6 is 0 Å². The number of rotatable bonds is 7. The molecule has 2 aliphatic rings. The van der Waals surface area contributed by atoms with E-state index >= 15 is 0 Å². The van der Waals surface area contributed by atoms with Crippen molar-refractivity contribution in [2.45, 2.75) is 55.3 Å². The lowest BCUT2D eigenvalue weighted by Crippen LogP contribution is -2.39. The number of aryl methyl sites for hydroxylation is 1. The molecule has 2 aromatic carbocycles. The quantitative estimate of drug-likeness (QED) is 0.540. The maximum Gasteiger partial charge on any atom is 0.264 e. The predicted molar refractivity (Wildman–Crippen MR) is 129 cm³/mol. The Labute approximate surface area is 199 Å². The Morgan fingerprint density at radius 3 is 2.29 bits per heavy atom. The van der Waals surface area contributed by atoms with Crippen molar-refractivity contribution in [3.8, 4) is 11.5 Å². The highest BCUT2D eigenvalue weighted by atomic mass is 32.2. The number of nitrogens with one attached hydrogen (secondary N) is 1. The van der Waals surface area contributed by atoms with E-state index in [1.165, 1.54) is 12.5 Å². The maximum atomic E-state index is 13.5. The Bertz CT molecular complexity index is 1370. The third-order valence-electron chi connectivity index (χ3n) is 7.12. The van der Waals surface area contributed by atoms with Crippen molar-refractivity contribution in [3.63, 3.8) is 0 Å². The molecule has 34 heavy (non-hydrogen) atoms. The lowest BCUT2D eigenvalue weighted by molar-refractivity contribution is -0.121. The van der Waals surface area contributed by atoms with Crippen LogP contribution in [-0.4, -0.2) is 33.5 Å². The SMILES string of the molecule is COc1cc(C2CCC2)cc(OC)c1C1(C(=O)NS(=O)(=O)c2cccc3nc(C)ccc23)CC1. The predicted octanol–water partition coefficient (Wildman–Crippen LogP) is 4.36. The van der Waals surface area contributed by atoms with Crippen molar-refractivity contribution in [1.29, 1.82) is 0 Å². The van der Waals surface area contributed by atoms with Crippen LogP contribution in [0.25, 0.3) is 10.9 Å². The molecule has 0 unspecified atom stereocenters. The number of nitrogens with zero attached hydrogens (tertiary/aromatic N) is 1. The molecule has 2 fully saturated rings. The molecular formula is C26H28N2O5S. The van der Waals surface area contributed by atoms with Gasteiger partial charge in [0.25, 0.3) is 10.0 Å². The molecule has 0 atom stereocenters. The van der Waals surface area contributed by atoms with E-state index in [0.717, 1.165) is 24.1 Å². The van der Waals surface area contributed by atoms with Crippen LogP contribution in [0.2, 0.25) is 0 Å². The summed E-state index contributed by atoms with van der Waals surface area (Å²) in [7, 11) is -0.991. The summed E-state index contributed by atoms with van der Waals surface area (Å²) in [5, 5.41) is 0.471. The fraction of sp³-hybridized carbons (Fsp3) is 0.385. The summed E-state index contributed by atoms with van der Waals surface area (Å²) in [6.45, 7) is 1.84. The summed E-state index contributed by atoms with van der Waals surface area (Å²) in [6, 6.07) is 12.3. The zero-order chi connectivity index (χ0) is 24.1. The molecule has 3 aromatic rings. The van der Waals surface area contributed by atoms with Crippen LogP contribution in [0.15, 0.2) is 47.4 Å². The molecule has 0 bridgehead atoms. The maximum absolute atomic E-state index is 13.5. The minimum absolute atomic E-state index is 0.0286. The summed E-state index contributed by atoms with van der Waals surface area (Å²) in [5.74, 6) is 1.02. The average molecular weight is 481 g/mol. The molecule has 8 heteroatoms. The number of carbonyl (C=O) groups excluding carboxylic acids is 1. The summed E-state index contributed by atoms with van der Waals surface area (Å²) in [6.07, 6.45) is 4.47. The van der Waals surface area contributed by atoms with E-state index in [4.69, 9.17) is 9.47 Å². The number of aromatic nitrogens is 1. The summed E-state index contributed by atoms with van der Waals surface area (Å²) in [5.41, 5.74) is 2.08. The fourth-order valence-electron chi connectivity index (χ4n) is 4.83. The highest BCUT2D eigenvalue weighted by Gasteiger charge is 2.56. The number of amides is 1. The van der Waals surface area contributed by atoms with Crippen molar-refractivity contribution in [2.24, 2.45) is 0 Å². The van der Waals surface area contributed by atoms with Crippen molar-refractivity contribution < 1.29 is 22.7 Å². The number of hydrogen-bond donors (Lipinski definition) is 1. The molecular weight excluding hydrogens is 452 g/mol. The molecule has 1 heterocycles. The number of hydrogen-bond acceptors (Lipinski definition) is 6. The van der Waals surface area contributed by atoms with Crippen molar-refractivity contribution in [3.05, 3.63) is 59.3 Å². The molecule has 1 amide bonds. The van der Waals surface area contributed by atoms with Gasteiger partial charge in [0.2, 0.25) is 5.91 Å². The smallest absolute Gasteiger partial charge is 0.264 e. The van der Waals surface area contributed by atoms with Gasteiger partial charge in [-0.05, 0) is 80.5 Å². The lowest BCUT2D eigenvalue weighted by atomic mass is 9.79. The molecule has 2 aliphatic carbocycles. The first-order chi connectivity index (χ1) is 16.3. The van der Waals surface area contributed by atoms with E-state index in [1.54, 1.807) is 38.5 Å². The van der Waals surface area contributed by atoms with Gasteiger partial charge in [0.05, 0.1) is 35.6 Å². The van der Waals surface area contributed by atoms with E-state index in [-0.39, 0.29) is 4.90 Å². The van der Waals surface area contributed by atoms with E-state index in [2.05, 4.69) is 9.71 Å². The fourth-order valence-corrected chi connectivity index (χ4v) is 6.10. The van der Waals surface area contributed by atoms with Crippen LogP contribution in [0.3, 0.4) is 0 Å². The summed E-state index contributed by atoms with van der Waals surface area (Å²) >= 11 is 0. The molecule has 0 radical (unpaired) electrons. The lowest BCUT2D eigenvalue weighted by Gasteiger charge is -2.28. The zero-order valence-corrected chi connectivity index (χ0v) is 20.4. The molecule has 7 nitrogen and oxygen atoms in total. The average Bonchev–Trinajstić information content (AvgIpc) is 3.58. The number of methoxy groups -OCH3 is 2. The van der Waals surface area contributed by atoms with Crippen LogP contribution in [0, 0.1) is 6.92 Å². The highest BCUT2D eigenvalue weighted by Crippen LogP contribution is 2.56. The number of carbonyl (C=O) groups is 1. The molecule has 1 aromatic heterocycles. The highest BCUT2D eigenvalue weighted by molar-refractivity contribution is 7.90. The number of pyridine rings is 1. The van der Waals surface area contributed by atoms with Crippen LogP contribution < -0.4 is 14.2 Å². The first-order valence-electron chi connectivity index (χ1n) is 11.5. The molecule has 178 valence electrons. The largest absolute Gasteiger partial charge is 0.496 e. The van der Waals surface area contributed by atoms with Crippen LogP contribution in [-0.2, 0) is 20.2 Å². The van der Waals surface area contributed by atoms with Crippen LogP contribution in [0.4, 0.5) is 0 Å². The van der Waals surface area contributed by atoms with Crippen LogP contribution in [0.5, 0.6) is 11.5 Å². The number of sulfonamides is 1. The molecule has 0 saturated heterocycles. The Morgan fingerprint density at radius 1 is 1.06 bits per heavy atom. The zero-order valence-electron chi connectivity index (χ0n) is 19.6. The van der Waals surface area contributed by atoms with Gasteiger partial charge in [0, 0.05) is 11.1 Å². The summed E-state index contributed by atoms with van der Waals surface area (Å²) in [4.78, 5) is 17.9. The Kier molecular flexibility index (Phi) is 5.51. The van der Waals surface area contributed by atoms with Gasteiger partial charge in [-0.3, -0.25) is 9.78 Å². The standard InChI is InChI=1S/C26H28N2O5S/c1-16-10-11-19-20(27-16)8-5-9-23(19)34(30,31)28-25(29)26(12-13-26)24-21(32-2)14-18(15-22(24)33-3)17-6-4-7-17/h5,8-11,14-15,17H,4,6-7,12-13H2,1-3H3,(H,28,29). The van der Waals surface area contributed by atoms with Gasteiger partial charge in [0.15, 0.2) is 0 Å². The molecule has 2 saturated carbocycles. The van der Waals surface area contributed by atoms with Gasteiger partial charge in [-0.25, -0.2) is 13.1 Å². The molecule has 0 aliphatic heterocycles. The number of benzene rings is 2. The topological polar surface area (TPSA) is 94.6 Å². The minimum Gasteiger partial charge on any atom is -0.496 e. The normalized spacial score (nSPS) is 17.1. The first-order valence-corrected chi connectivity index (χ1v) is 13.0. The monoisotopic (exact) mass is 480 g/mol. The van der Waals surface area contributed by atoms with E-state index in [0.29, 0.717) is 46.7 Å². The van der Waals surface area contributed by atoms with Gasteiger partial charge >= 0.3 is 0 Å². The molecule has 5 rings (SSSR count). The van der Waals surface area contributed by atoms with E-state index in [1.807, 2.05) is 19.1 Å². The third kappa shape index (κ3) is 3.70.